The minimum absolute atomic E-state index is 0.0289. The Morgan fingerprint density at radius 2 is 1.85 bits per heavy atom. The molecule has 1 aliphatic carbocycles. The van der Waals surface area contributed by atoms with E-state index in [0.717, 1.165) is 19.4 Å². The number of nitrogens with zero attached hydrogens (tertiary/aromatic N) is 1. The van der Waals surface area contributed by atoms with Gasteiger partial charge in [-0.15, -0.1) is 0 Å². The van der Waals surface area contributed by atoms with Gasteiger partial charge < -0.3 is 10.0 Å². The van der Waals surface area contributed by atoms with Gasteiger partial charge in [-0.1, -0.05) is 19.8 Å². The number of carbonyl (C=O) groups is 2. The molecule has 1 amide bonds. The molecular formula is C16H27NO3. The fourth-order valence-electron chi connectivity index (χ4n) is 3.78. The van der Waals surface area contributed by atoms with Crippen molar-refractivity contribution >= 4 is 11.9 Å². The summed E-state index contributed by atoms with van der Waals surface area (Å²) in [5.41, 5.74) is -0.968. The molecule has 1 aliphatic heterocycles. The second-order valence-electron chi connectivity index (χ2n) is 7.23. The second kappa shape index (κ2) is 5.74. The summed E-state index contributed by atoms with van der Waals surface area (Å²) in [7, 11) is 0. The zero-order valence-corrected chi connectivity index (χ0v) is 12.9. The van der Waals surface area contributed by atoms with E-state index in [9.17, 15) is 14.7 Å². The molecule has 2 aliphatic rings. The van der Waals surface area contributed by atoms with Gasteiger partial charge in [0.2, 0.25) is 5.91 Å². The van der Waals surface area contributed by atoms with E-state index in [2.05, 4.69) is 6.92 Å². The van der Waals surface area contributed by atoms with E-state index in [1.165, 1.54) is 19.3 Å². The van der Waals surface area contributed by atoms with Crippen LogP contribution in [0.4, 0.5) is 0 Å². The summed E-state index contributed by atoms with van der Waals surface area (Å²) in [6, 6.07) is 0.351. The monoisotopic (exact) mass is 281 g/mol. The average molecular weight is 281 g/mol. The molecule has 2 rings (SSSR count). The van der Waals surface area contributed by atoms with Crippen molar-refractivity contribution < 1.29 is 14.7 Å². The first kappa shape index (κ1) is 15.3. The summed E-state index contributed by atoms with van der Waals surface area (Å²) < 4.78 is 0. The lowest BCUT2D eigenvalue weighted by atomic mass is 9.72. The normalized spacial score (nSPS) is 30.8. The maximum atomic E-state index is 12.5. The topological polar surface area (TPSA) is 57.6 Å². The predicted octanol–water partition coefficient (Wildman–Crippen LogP) is 2.91. The van der Waals surface area contributed by atoms with Crippen LogP contribution in [0.25, 0.3) is 0 Å². The van der Waals surface area contributed by atoms with Crippen molar-refractivity contribution in [3.63, 3.8) is 0 Å². The average Bonchev–Trinajstić information content (AvgIpc) is 2.38. The van der Waals surface area contributed by atoms with Crippen molar-refractivity contribution in [1.29, 1.82) is 0 Å². The van der Waals surface area contributed by atoms with Crippen molar-refractivity contribution in [2.24, 2.45) is 17.3 Å². The van der Waals surface area contributed by atoms with Crippen molar-refractivity contribution in [2.45, 2.75) is 65.3 Å². The molecule has 1 saturated carbocycles. The molecule has 20 heavy (non-hydrogen) atoms. The van der Waals surface area contributed by atoms with Gasteiger partial charge in [0.05, 0.1) is 5.41 Å². The highest BCUT2D eigenvalue weighted by atomic mass is 16.4. The van der Waals surface area contributed by atoms with Gasteiger partial charge in [-0.05, 0) is 44.9 Å². The number of amides is 1. The summed E-state index contributed by atoms with van der Waals surface area (Å²) >= 11 is 0. The number of likely N-dealkylation sites (tertiary alicyclic amines) is 1. The third-order valence-electron chi connectivity index (χ3n) is 5.23. The molecular weight excluding hydrogens is 254 g/mol. The second-order valence-corrected chi connectivity index (χ2v) is 7.23. The molecule has 3 atom stereocenters. The van der Waals surface area contributed by atoms with Crippen molar-refractivity contribution in [3.8, 4) is 0 Å². The smallest absolute Gasteiger partial charge is 0.309 e. The Labute approximate surface area is 121 Å². The minimum Gasteiger partial charge on any atom is -0.481 e. The molecule has 1 saturated heterocycles. The Bertz CT molecular complexity index is 391. The molecule has 1 N–H and O–H groups in total. The third kappa shape index (κ3) is 2.99. The third-order valence-corrected chi connectivity index (χ3v) is 5.23. The van der Waals surface area contributed by atoms with Crippen LogP contribution in [0.3, 0.4) is 0 Å². The van der Waals surface area contributed by atoms with E-state index in [1.54, 1.807) is 13.8 Å². The van der Waals surface area contributed by atoms with Crippen molar-refractivity contribution in [1.82, 2.24) is 4.90 Å². The Balaban J connectivity index is 2.07. The van der Waals surface area contributed by atoms with Crippen LogP contribution in [0, 0.1) is 17.3 Å². The summed E-state index contributed by atoms with van der Waals surface area (Å²) in [6.07, 6.45) is 5.95. The number of carboxylic acid groups (broad SMARTS) is 1. The Kier molecular flexibility index (Phi) is 4.40. The first-order valence-electron chi connectivity index (χ1n) is 7.86. The summed E-state index contributed by atoms with van der Waals surface area (Å²) in [5, 5.41) is 9.19. The minimum atomic E-state index is -0.968. The molecule has 4 nitrogen and oxygen atoms in total. The van der Waals surface area contributed by atoms with Crippen molar-refractivity contribution in [3.05, 3.63) is 0 Å². The molecule has 0 aromatic heterocycles. The van der Waals surface area contributed by atoms with Gasteiger partial charge in [0.1, 0.15) is 0 Å². The van der Waals surface area contributed by atoms with Gasteiger partial charge >= 0.3 is 5.97 Å². The summed E-state index contributed by atoms with van der Waals surface area (Å²) in [6.45, 7) is 6.37. The van der Waals surface area contributed by atoms with Gasteiger partial charge in [0, 0.05) is 19.0 Å². The number of rotatable bonds is 3. The highest BCUT2D eigenvalue weighted by molar-refractivity contribution is 5.84. The Morgan fingerprint density at radius 3 is 2.50 bits per heavy atom. The molecule has 1 heterocycles. The fourth-order valence-corrected chi connectivity index (χ4v) is 3.78. The van der Waals surface area contributed by atoms with Gasteiger partial charge in [-0.3, -0.25) is 9.59 Å². The van der Waals surface area contributed by atoms with Crippen molar-refractivity contribution in [2.75, 3.05) is 6.54 Å². The standard InChI is InChI=1S/C16H27NO3/c1-11-8-9-17(13-7-5-4-6-12(11)13)14(18)10-16(2,3)15(19)20/h11-13H,4-10H2,1-3H3,(H,19,20). The molecule has 4 heteroatoms. The highest BCUT2D eigenvalue weighted by Gasteiger charge is 2.41. The lowest BCUT2D eigenvalue weighted by molar-refractivity contribution is -0.153. The van der Waals surface area contributed by atoms with Crippen LogP contribution in [0.15, 0.2) is 0 Å². The Hall–Kier alpha value is -1.06. The molecule has 0 spiro atoms. The zero-order chi connectivity index (χ0) is 14.9. The van der Waals surface area contributed by atoms with E-state index in [0.29, 0.717) is 17.9 Å². The zero-order valence-electron chi connectivity index (χ0n) is 12.9. The number of fused-ring (bicyclic) bond motifs is 1. The molecule has 2 fully saturated rings. The molecule has 0 radical (unpaired) electrons. The van der Waals surface area contributed by atoms with Gasteiger partial charge in [-0.25, -0.2) is 0 Å². The largest absolute Gasteiger partial charge is 0.481 e. The number of hydrogen-bond donors (Lipinski definition) is 1. The molecule has 0 aromatic carbocycles. The molecule has 0 bridgehead atoms. The van der Waals surface area contributed by atoms with E-state index < -0.39 is 11.4 Å². The number of hydrogen-bond acceptors (Lipinski definition) is 2. The summed E-state index contributed by atoms with van der Waals surface area (Å²) in [4.78, 5) is 25.7. The van der Waals surface area contributed by atoms with E-state index in [4.69, 9.17) is 0 Å². The lowest BCUT2D eigenvalue weighted by Gasteiger charge is -2.47. The fraction of sp³-hybridized carbons (Fsp3) is 0.875. The van der Waals surface area contributed by atoms with Crippen LogP contribution in [0.2, 0.25) is 0 Å². The maximum absolute atomic E-state index is 12.5. The van der Waals surface area contributed by atoms with Gasteiger partial charge in [-0.2, -0.15) is 0 Å². The Morgan fingerprint density at radius 1 is 1.20 bits per heavy atom. The number of aliphatic carboxylic acids is 1. The lowest BCUT2D eigenvalue weighted by Crippen LogP contribution is -2.53. The van der Waals surface area contributed by atoms with Crippen LogP contribution in [0.1, 0.15) is 59.3 Å². The molecule has 114 valence electrons. The van der Waals surface area contributed by atoms with E-state index in [-0.39, 0.29) is 12.3 Å². The summed E-state index contributed by atoms with van der Waals surface area (Å²) in [5.74, 6) is 0.448. The van der Waals surface area contributed by atoms with Gasteiger partial charge in [0.25, 0.3) is 0 Å². The quantitative estimate of drug-likeness (QED) is 0.865. The SMILES string of the molecule is CC1CCN(C(=O)CC(C)(C)C(=O)O)C2CCCCC12. The predicted molar refractivity (Wildman–Crippen MR) is 77.3 cm³/mol. The van der Waals surface area contributed by atoms with E-state index in [1.807, 2.05) is 4.90 Å². The van der Waals surface area contributed by atoms with E-state index >= 15 is 0 Å². The van der Waals surface area contributed by atoms with Crippen LogP contribution in [-0.4, -0.2) is 34.5 Å². The molecule has 3 unspecified atom stereocenters. The highest BCUT2D eigenvalue weighted by Crippen LogP contribution is 2.39. The number of piperidine rings is 1. The van der Waals surface area contributed by atoms with Gasteiger partial charge in [0.15, 0.2) is 0 Å². The van der Waals surface area contributed by atoms with Crippen LogP contribution in [-0.2, 0) is 9.59 Å². The van der Waals surface area contributed by atoms with Crippen LogP contribution >= 0.6 is 0 Å². The molecule has 0 aromatic rings. The number of carbonyl (C=O) groups excluding carboxylic acids is 1. The number of carboxylic acids is 1. The maximum Gasteiger partial charge on any atom is 0.309 e. The first-order valence-corrected chi connectivity index (χ1v) is 7.86. The first-order chi connectivity index (χ1) is 9.33. The van der Waals surface area contributed by atoms with Crippen LogP contribution < -0.4 is 0 Å². The van der Waals surface area contributed by atoms with Crippen LogP contribution in [0.5, 0.6) is 0 Å².